The molecule has 2 aromatic carbocycles. The predicted octanol–water partition coefficient (Wildman–Crippen LogP) is 3.40. The standard InChI is InChI=1S/C23H29N3O4/c1-2-3-7-14-24-21(27)15-25-23(30)26(16-18-8-5-4-6-9-18)17-19-10-12-20(13-11-19)22(28)29/h4-6,8-13H,2-3,7,14-17H2,1H3,(H,24,27)(H,25,30)(H,28,29). The van der Waals surface area contributed by atoms with E-state index in [1.807, 2.05) is 30.3 Å². The van der Waals surface area contributed by atoms with Crippen LogP contribution in [0.1, 0.15) is 47.7 Å². The average Bonchev–Trinajstić information content (AvgIpc) is 2.75. The zero-order chi connectivity index (χ0) is 21.8. The lowest BCUT2D eigenvalue weighted by Gasteiger charge is -2.23. The number of nitrogens with one attached hydrogen (secondary N) is 2. The number of urea groups is 1. The normalized spacial score (nSPS) is 10.3. The molecule has 7 heteroatoms. The van der Waals surface area contributed by atoms with Crippen LogP contribution in [0.2, 0.25) is 0 Å². The SMILES string of the molecule is CCCCCNC(=O)CNC(=O)N(Cc1ccccc1)Cc1ccc(C(=O)O)cc1. The first-order chi connectivity index (χ1) is 14.5. The Morgan fingerprint density at radius 3 is 2.10 bits per heavy atom. The van der Waals surface area contributed by atoms with Crippen LogP contribution in [0.15, 0.2) is 54.6 Å². The highest BCUT2D eigenvalue weighted by molar-refractivity contribution is 5.87. The Bertz CT molecular complexity index is 822. The molecule has 160 valence electrons. The van der Waals surface area contributed by atoms with Crippen LogP contribution in [0.5, 0.6) is 0 Å². The quantitative estimate of drug-likeness (QED) is 0.494. The topological polar surface area (TPSA) is 98.7 Å². The van der Waals surface area contributed by atoms with E-state index in [9.17, 15) is 14.4 Å². The fourth-order valence-corrected chi connectivity index (χ4v) is 2.91. The molecular weight excluding hydrogens is 382 g/mol. The summed E-state index contributed by atoms with van der Waals surface area (Å²) in [6.07, 6.45) is 3.05. The molecule has 0 radical (unpaired) electrons. The Balaban J connectivity index is 1.98. The van der Waals surface area contributed by atoms with Crippen LogP contribution in [0.3, 0.4) is 0 Å². The van der Waals surface area contributed by atoms with Crippen molar-refractivity contribution in [2.75, 3.05) is 13.1 Å². The average molecular weight is 412 g/mol. The third kappa shape index (κ3) is 7.95. The monoisotopic (exact) mass is 411 g/mol. The van der Waals surface area contributed by atoms with E-state index in [4.69, 9.17) is 5.11 Å². The van der Waals surface area contributed by atoms with Gasteiger partial charge in [-0.25, -0.2) is 9.59 Å². The van der Waals surface area contributed by atoms with E-state index >= 15 is 0 Å². The van der Waals surface area contributed by atoms with Crippen molar-refractivity contribution < 1.29 is 19.5 Å². The molecule has 0 aromatic heterocycles. The van der Waals surface area contributed by atoms with Crippen molar-refractivity contribution in [1.29, 1.82) is 0 Å². The van der Waals surface area contributed by atoms with Gasteiger partial charge in [0.2, 0.25) is 5.91 Å². The second kappa shape index (κ2) is 12.3. The minimum Gasteiger partial charge on any atom is -0.478 e. The number of hydrogen-bond donors (Lipinski definition) is 3. The summed E-state index contributed by atoms with van der Waals surface area (Å²) in [5.41, 5.74) is 1.95. The smallest absolute Gasteiger partial charge is 0.335 e. The Labute approximate surface area is 177 Å². The molecule has 2 aromatic rings. The lowest BCUT2D eigenvalue weighted by atomic mass is 10.1. The number of carboxylic acids is 1. The molecule has 0 aliphatic carbocycles. The number of rotatable bonds is 11. The molecule has 0 unspecified atom stereocenters. The summed E-state index contributed by atoms with van der Waals surface area (Å²) in [5, 5.41) is 14.5. The van der Waals surface area contributed by atoms with Crippen LogP contribution in [-0.4, -0.2) is 41.0 Å². The van der Waals surface area contributed by atoms with E-state index in [2.05, 4.69) is 17.6 Å². The van der Waals surface area contributed by atoms with Gasteiger partial charge < -0.3 is 20.6 Å². The second-order valence-corrected chi connectivity index (χ2v) is 7.06. The number of benzene rings is 2. The molecule has 0 aliphatic heterocycles. The minimum atomic E-state index is -0.995. The van der Waals surface area contributed by atoms with Gasteiger partial charge in [-0.2, -0.15) is 0 Å². The summed E-state index contributed by atoms with van der Waals surface area (Å²) in [5.74, 6) is -1.21. The maximum atomic E-state index is 12.7. The molecule has 3 amide bonds. The van der Waals surface area contributed by atoms with E-state index in [0.29, 0.717) is 19.6 Å². The zero-order valence-corrected chi connectivity index (χ0v) is 17.3. The molecule has 0 bridgehead atoms. The maximum absolute atomic E-state index is 12.7. The zero-order valence-electron chi connectivity index (χ0n) is 17.3. The summed E-state index contributed by atoms with van der Waals surface area (Å²) in [6.45, 7) is 3.27. The molecule has 0 saturated heterocycles. The molecular formula is C23H29N3O4. The van der Waals surface area contributed by atoms with Gasteiger partial charge in [0.15, 0.2) is 0 Å². The lowest BCUT2D eigenvalue weighted by molar-refractivity contribution is -0.120. The van der Waals surface area contributed by atoms with Crippen molar-refractivity contribution in [3.63, 3.8) is 0 Å². The molecule has 7 nitrogen and oxygen atoms in total. The molecule has 0 saturated carbocycles. The fraction of sp³-hybridized carbons (Fsp3) is 0.348. The van der Waals surface area contributed by atoms with Crippen molar-refractivity contribution in [2.45, 2.75) is 39.3 Å². The van der Waals surface area contributed by atoms with Crippen LogP contribution < -0.4 is 10.6 Å². The van der Waals surface area contributed by atoms with Gasteiger partial charge in [0.1, 0.15) is 0 Å². The summed E-state index contributed by atoms with van der Waals surface area (Å²) in [7, 11) is 0. The van der Waals surface area contributed by atoms with Gasteiger partial charge in [-0.05, 0) is 29.7 Å². The van der Waals surface area contributed by atoms with Crippen LogP contribution in [0.4, 0.5) is 4.79 Å². The van der Waals surface area contributed by atoms with E-state index in [-0.39, 0.29) is 24.0 Å². The predicted molar refractivity (Wildman–Crippen MR) is 115 cm³/mol. The third-order valence-electron chi connectivity index (χ3n) is 4.58. The van der Waals surface area contributed by atoms with Gasteiger partial charge >= 0.3 is 12.0 Å². The molecule has 3 N–H and O–H groups in total. The third-order valence-corrected chi connectivity index (χ3v) is 4.58. The van der Waals surface area contributed by atoms with Crippen molar-refractivity contribution >= 4 is 17.9 Å². The molecule has 30 heavy (non-hydrogen) atoms. The first kappa shape index (κ1) is 22.9. The van der Waals surface area contributed by atoms with E-state index in [0.717, 1.165) is 30.4 Å². The Morgan fingerprint density at radius 1 is 0.867 bits per heavy atom. The number of carbonyl (C=O) groups is 3. The summed E-state index contributed by atoms with van der Waals surface area (Å²) < 4.78 is 0. The van der Waals surface area contributed by atoms with Gasteiger partial charge in [-0.3, -0.25) is 4.79 Å². The van der Waals surface area contributed by atoms with Crippen molar-refractivity contribution in [1.82, 2.24) is 15.5 Å². The fourth-order valence-electron chi connectivity index (χ4n) is 2.91. The molecule has 0 fully saturated rings. The van der Waals surface area contributed by atoms with Crippen LogP contribution in [0.25, 0.3) is 0 Å². The van der Waals surface area contributed by atoms with Gasteiger partial charge in [0, 0.05) is 19.6 Å². The van der Waals surface area contributed by atoms with E-state index in [1.54, 1.807) is 17.0 Å². The van der Waals surface area contributed by atoms with Gasteiger partial charge in [-0.15, -0.1) is 0 Å². The number of unbranched alkanes of at least 4 members (excludes halogenated alkanes) is 2. The summed E-state index contributed by atoms with van der Waals surface area (Å²) in [6, 6.07) is 15.6. The minimum absolute atomic E-state index is 0.0891. The van der Waals surface area contributed by atoms with Crippen molar-refractivity contribution in [3.8, 4) is 0 Å². The number of carboxylic acid groups (broad SMARTS) is 1. The highest BCUT2D eigenvalue weighted by atomic mass is 16.4. The number of nitrogens with zero attached hydrogens (tertiary/aromatic N) is 1. The number of amides is 3. The lowest BCUT2D eigenvalue weighted by Crippen LogP contribution is -2.44. The van der Waals surface area contributed by atoms with Crippen LogP contribution in [0, 0.1) is 0 Å². The highest BCUT2D eigenvalue weighted by Crippen LogP contribution is 2.12. The van der Waals surface area contributed by atoms with Crippen LogP contribution >= 0.6 is 0 Å². The first-order valence-corrected chi connectivity index (χ1v) is 10.1. The van der Waals surface area contributed by atoms with E-state index in [1.165, 1.54) is 12.1 Å². The van der Waals surface area contributed by atoms with Gasteiger partial charge in [0.05, 0.1) is 12.1 Å². The first-order valence-electron chi connectivity index (χ1n) is 10.1. The summed E-state index contributed by atoms with van der Waals surface area (Å²) >= 11 is 0. The maximum Gasteiger partial charge on any atom is 0.335 e. The van der Waals surface area contributed by atoms with Crippen molar-refractivity contribution in [3.05, 3.63) is 71.3 Å². The number of aromatic carboxylic acids is 1. The molecule has 0 spiro atoms. The van der Waals surface area contributed by atoms with Gasteiger partial charge in [-0.1, -0.05) is 62.2 Å². The Morgan fingerprint density at radius 2 is 1.50 bits per heavy atom. The molecule has 0 aliphatic rings. The molecule has 0 heterocycles. The number of carbonyl (C=O) groups excluding carboxylic acids is 2. The van der Waals surface area contributed by atoms with Crippen LogP contribution in [-0.2, 0) is 17.9 Å². The Kier molecular flexibility index (Phi) is 9.37. The summed E-state index contributed by atoms with van der Waals surface area (Å²) in [4.78, 5) is 37.3. The highest BCUT2D eigenvalue weighted by Gasteiger charge is 2.16. The van der Waals surface area contributed by atoms with Gasteiger partial charge in [0.25, 0.3) is 0 Å². The Hall–Kier alpha value is -3.35. The molecule has 2 rings (SSSR count). The molecule has 0 atom stereocenters. The number of hydrogen-bond acceptors (Lipinski definition) is 3. The van der Waals surface area contributed by atoms with E-state index < -0.39 is 5.97 Å². The largest absolute Gasteiger partial charge is 0.478 e. The van der Waals surface area contributed by atoms with Crippen molar-refractivity contribution in [2.24, 2.45) is 0 Å². The second-order valence-electron chi connectivity index (χ2n) is 7.06.